The molecule has 1 saturated carbocycles. The maximum Gasteiger partial charge on any atom is 0.413 e. The van der Waals surface area contributed by atoms with Crippen LogP contribution < -0.4 is 21.1 Å². The van der Waals surface area contributed by atoms with Crippen molar-refractivity contribution in [3.63, 3.8) is 0 Å². The second kappa shape index (κ2) is 8.28. The number of nitrogens with two attached hydrogens (primary N) is 1. The number of pyridine rings is 2. The molecule has 1 aromatic carbocycles. The Morgan fingerprint density at radius 3 is 2.85 bits per heavy atom. The number of nitrogen functional groups attached to an aromatic ring is 1. The first-order chi connectivity index (χ1) is 16.3. The summed E-state index contributed by atoms with van der Waals surface area (Å²) in [5.41, 5.74) is 8.29. The lowest BCUT2D eigenvalue weighted by atomic mass is 9.79. The van der Waals surface area contributed by atoms with Crippen LogP contribution in [0, 0.1) is 12.7 Å². The highest BCUT2D eigenvalue weighted by Gasteiger charge is 2.43. The highest BCUT2D eigenvalue weighted by molar-refractivity contribution is 5.99. The van der Waals surface area contributed by atoms with Gasteiger partial charge in [0.1, 0.15) is 24.2 Å². The fourth-order valence-electron chi connectivity index (χ4n) is 4.49. The summed E-state index contributed by atoms with van der Waals surface area (Å²) in [6.07, 6.45) is 3.47. The minimum atomic E-state index is -0.605. The summed E-state index contributed by atoms with van der Waals surface area (Å²) in [4.78, 5) is 20.9. The normalized spacial score (nSPS) is 21.1. The molecule has 2 aliphatic rings. The van der Waals surface area contributed by atoms with Gasteiger partial charge in [0, 0.05) is 55.4 Å². The molecule has 0 radical (unpaired) electrons. The molecule has 34 heavy (non-hydrogen) atoms. The third kappa shape index (κ3) is 3.83. The van der Waals surface area contributed by atoms with Crippen molar-refractivity contribution in [3.05, 3.63) is 35.9 Å². The van der Waals surface area contributed by atoms with E-state index < -0.39 is 11.9 Å². The largest absolute Gasteiger partial charge is 0.474 e. The third-order valence-electron chi connectivity index (χ3n) is 6.55. The number of methoxy groups -OCH3 is 1. The van der Waals surface area contributed by atoms with Gasteiger partial charge < -0.3 is 25.3 Å². The molecule has 178 valence electrons. The first kappa shape index (κ1) is 22.1. The van der Waals surface area contributed by atoms with Crippen LogP contribution in [0.1, 0.15) is 25.3 Å². The minimum Gasteiger partial charge on any atom is -0.474 e. The van der Waals surface area contributed by atoms with Crippen LogP contribution >= 0.6 is 0 Å². The summed E-state index contributed by atoms with van der Waals surface area (Å²) >= 11 is 0. The van der Waals surface area contributed by atoms with Gasteiger partial charge >= 0.3 is 6.09 Å². The number of hydrogen-bond acceptors (Lipinski definition) is 8. The van der Waals surface area contributed by atoms with Crippen molar-refractivity contribution in [2.45, 2.75) is 38.4 Å². The second-order valence-corrected chi connectivity index (χ2v) is 8.91. The van der Waals surface area contributed by atoms with Crippen LogP contribution in [0.4, 0.5) is 26.4 Å². The van der Waals surface area contributed by atoms with Crippen molar-refractivity contribution in [2.75, 3.05) is 36.6 Å². The standard InChI is InChI=1S/C24H26FN5O4/c1-12-16(10-29-22-21(12)27-4-5-33-22)15-6-13-7-18(28-11-17(13)20(26)19(15)25)30-23(31)34-14-8-24(2,9-14)32-3/h6-7,10-11,14,27H,4-5,8-9,26H2,1-3H3,(H,28,30,31)/t14-,24+. The van der Waals surface area contributed by atoms with Gasteiger partial charge in [-0.15, -0.1) is 0 Å². The van der Waals surface area contributed by atoms with Gasteiger partial charge in [-0.1, -0.05) is 0 Å². The third-order valence-corrected chi connectivity index (χ3v) is 6.55. The van der Waals surface area contributed by atoms with E-state index in [0.717, 1.165) is 11.3 Å². The zero-order valence-electron chi connectivity index (χ0n) is 19.2. The van der Waals surface area contributed by atoms with Crippen molar-refractivity contribution in [3.8, 4) is 17.0 Å². The average Bonchev–Trinajstić information content (AvgIpc) is 2.81. The van der Waals surface area contributed by atoms with Crippen molar-refractivity contribution in [1.82, 2.24) is 9.97 Å². The number of rotatable bonds is 4. The first-order valence-electron chi connectivity index (χ1n) is 11.0. The van der Waals surface area contributed by atoms with Crippen LogP contribution in [0.25, 0.3) is 21.9 Å². The topological polar surface area (TPSA) is 121 Å². The highest BCUT2D eigenvalue weighted by atomic mass is 19.1. The number of carbonyl (C=O) groups is 1. The molecular weight excluding hydrogens is 441 g/mol. The van der Waals surface area contributed by atoms with Crippen molar-refractivity contribution < 1.29 is 23.4 Å². The predicted octanol–water partition coefficient (Wildman–Crippen LogP) is 4.25. The maximum absolute atomic E-state index is 15.3. The Morgan fingerprint density at radius 1 is 1.29 bits per heavy atom. The SMILES string of the molecule is CO[C@]1(C)C[C@H](OC(=O)Nc2cc3cc(-c4cnc5c(c4C)NCCO5)c(F)c(N)c3cn2)C1. The Bertz CT molecular complexity index is 1290. The molecule has 1 fully saturated rings. The van der Waals surface area contributed by atoms with Gasteiger partial charge in [-0.25, -0.2) is 19.2 Å². The van der Waals surface area contributed by atoms with Gasteiger partial charge in [0.2, 0.25) is 5.88 Å². The number of anilines is 3. The number of nitrogens with one attached hydrogen (secondary N) is 2. The van der Waals surface area contributed by atoms with E-state index in [-0.39, 0.29) is 23.2 Å². The summed E-state index contributed by atoms with van der Waals surface area (Å²) in [6, 6.07) is 3.31. The van der Waals surface area contributed by atoms with Gasteiger partial charge in [-0.2, -0.15) is 0 Å². The lowest BCUT2D eigenvalue weighted by molar-refractivity contribution is -0.124. The van der Waals surface area contributed by atoms with E-state index in [4.69, 9.17) is 19.9 Å². The Balaban J connectivity index is 1.43. The molecule has 5 rings (SSSR count). The minimum absolute atomic E-state index is 0.0243. The zero-order chi connectivity index (χ0) is 24.0. The molecule has 1 amide bonds. The number of aromatic nitrogens is 2. The van der Waals surface area contributed by atoms with Gasteiger partial charge in [0.05, 0.1) is 11.3 Å². The summed E-state index contributed by atoms with van der Waals surface area (Å²) in [5.74, 6) is 0.217. The van der Waals surface area contributed by atoms with Crippen LogP contribution in [0.15, 0.2) is 24.5 Å². The van der Waals surface area contributed by atoms with Crippen LogP contribution in [-0.2, 0) is 9.47 Å². The molecule has 0 unspecified atom stereocenters. The van der Waals surface area contributed by atoms with E-state index >= 15 is 4.39 Å². The lowest BCUT2D eigenvalue weighted by Crippen LogP contribution is -2.48. The van der Waals surface area contributed by atoms with E-state index in [9.17, 15) is 4.79 Å². The number of fused-ring (bicyclic) bond motifs is 2. The lowest BCUT2D eigenvalue weighted by Gasteiger charge is -2.42. The maximum atomic E-state index is 15.3. The average molecular weight is 468 g/mol. The molecule has 3 heterocycles. The molecule has 3 aromatic rings. The van der Waals surface area contributed by atoms with Gasteiger partial charge in [-0.3, -0.25) is 5.32 Å². The van der Waals surface area contributed by atoms with Gasteiger partial charge in [0.25, 0.3) is 0 Å². The van der Waals surface area contributed by atoms with Crippen molar-refractivity contribution in [2.24, 2.45) is 0 Å². The first-order valence-corrected chi connectivity index (χ1v) is 11.0. The van der Waals surface area contributed by atoms with E-state index in [2.05, 4.69) is 20.6 Å². The van der Waals surface area contributed by atoms with E-state index in [1.165, 1.54) is 6.20 Å². The summed E-state index contributed by atoms with van der Waals surface area (Å²) in [6.45, 7) is 5.01. The molecule has 0 spiro atoms. The Labute approximate surface area is 195 Å². The number of halogens is 1. The molecule has 0 saturated heterocycles. The second-order valence-electron chi connectivity index (χ2n) is 8.91. The van der Waals surface area contributed by atoms with Crippen LogP contribution in [-0.4, -0.2) is 48.0 Å². The van der Waals surface area contributed by atoms with E-state index in [1.807, 2.05) is 13.8 Å². The number of ether oxygens (including phenoxy) is 3. The fourth-order valence-corrected chi connectivity index (χ4v) is 4.49. The molecule has 0 atom stereocenters. The molecule has 4 N–H and O–H groups in total. The van der Waals surface area contributed by atoms with Gasteiger partial charge in [-0.05, 0) is 36.9 Å². The van der Waals surface area contributed by atoms with Crippen LogP contribution in [0.5, 0.6) is 5.88 Å². The summed E-state index contributed by atoms with van der Waals surface area (Å²) < 4.78 is 31.7. The molecule has 2 aromatic heterocycles. The Kier molecular flexibility index (Phi) is 5.40. The summed E-state index contributed by atoms with van der Waals surface area (Å²) in [7, 11) is 1.64. The molecule has 0 bridgehead atoms. The number of hydrogen-bond donors (Lipinski definition) is 3. The Morgan fingerprint density at radius 2 is 2.09 bits per heavy atom. The number of carbonyl (C=O) groups excluding carboxylic acids is 1. The monoisotopic (exact) mass is 467 g/mol. The van der Waals surface area contributed by atoms with E-state index in [0.29, 0.717) is 53.8 Å². The van der Waals surface area contributed by atoms with E-state index in [1.54, 1.807) is 25.4 Å². The molecule has 1 aliphatic carbocycles. The number of nitrogens with zero attached hydrogens (tertiary/aromatic N) is 2. The van der Waals surface area contributed by atoms with Crippen molar-refractivity contribution in [1.29, 1.82) is 0 Å². The quantitative estimate of drug-likeness (QED) is 0.487. The van der Waals surface area contributed by atoms with Gasteiger partial charge in [0.15, 0.2) is 5.82 Å². The Hall–Kier alpha value is -3.66. The molecule has 9 nitrogen and oxygen atoms in total. The number of benzene rings is 1. The highest BCUT2D eigenvalue weighted by Crippen LogP contribution is 2.40. The smallest absolute Gasteiger partial charge is 0.413 e. The fraction of sp³-hybridized carbons (Fsp3) is 0.375. The summed E-state index contributed by atoms with van der Waals surface area (Å²) in [5, 5.41) is 6.96. The number of amides is 1. The molecular formula is C24H26FN5O4. The van der Waals surface area contributed by atoms with Crippen LogP contribution in [0.3, 0.4) is 0 Å². The predicted molar refractivity (Wildman–Crippen MR) is 127 cm³/mol. The van der Waals surface area contributed by atoms with Crippen LogP contribution in [0.2, 0.25) is 0 Å². The molecule has 10 heteroatoms. The zero-order valence-corrected chi connectivity index (χ0v) is 19.2. The molecule has 1 aliphatic heterocycles. The van der Waals surface area contributed by atoms with Crippen molar-refractivity contribution >= 4 is 34.1 Å².